The van der Waals surface area contributed by atoms with Crippen molar-refractivity contribution in [3.63, 3.8) is 0 Å². The number of nitrogens with zero attached hydrogens (tertiary/aromatic N) is 1. The van der Waals surface area contributed by atoms with Gasteiger partial charge >= 0.3 is 0 Å². The van der Waals surface area contributed by atoms with Crippen molar-refractivity contribution < 1.29 is 4.79 Å². The Balaban J connectivity index is 1.65. The lowest BCUT2D eigenvalue weighted by atomic mass is 10.2. The molecule has 0 atom stereocenters. The molecule has 1 fully saturated rings. The van der Waals surface area contributed by atoms with Crippen LogP contribution in [-0.2, 0) is 0 Å². The van der Waals surface area contributed by atoms with Crippen molar-refractivity contribution in [1.82, 2.24) is 10.3 Å². The largest absolute Gasteiger partial charge is 0.353 e. The van der Waals surface area contributed by atoms with Gasteiger partial charge in [0.2, 0.25) is 0 Å². The van der Waals surface area contributed by atoms with Crippen LogP contribution in [-0.4, -0.2) is 16.9 Å². The second-order valence-corrected chi connectivity index (χ2v) is 6.48. The molecular weight excluding hydrogens is 333 g/mol. The van der Waals surface area contributed by atoms with E-state index in [0.717, 1.165) is 24.2 Å². The Labute approximate surface area is 145 Å². The fourth-order valence-corrected chi connectivity index (χ4v) is 3.13. The van der Waals surface area contributed by atoms with Gasteiger partial charge in [0.1, 0.15) is 5.69 Å². The highest BCUT2D eigenvalue weighted by molar-refractivity contribution is 6.36. The molecule has 4 nitrogen and oxygen atoms in total. The third-order valence-electron chi connectivity index (χ3n) is 3.90. The van der Waals surface area contributed by atoms with Gasteiger partial charge in [-0.25, -0.2) is 4.98 Å². The van der Waals surface area contributed by atoms with Crippen LogP contribution in [0.3, 0.4) is 0 Å². The number of aromatic nitrogens is 1. The molecule has 120 valence electrons. The number of hydrogen-bond donors (Lipinski definition) is 2. The first-order valence-electron chi connectivity index (χ1n) is 7.61. The number of anilines is 2. The summed E-state index contributed by atoms with van der Waals surface area (Å²) in [5, 5.41) is 7.29. The Kier molecular flexibility index (Phi) is 5.03. The number of carbonyl (C=O) groups is 1. The highest BCUT2D eigenvalue weighted by atomic mass is 35.5. The minimum absolute atomic E-state index is 0.118. The van der Waals surface area contributed by atoms with E-state index in [9.17, 15) is 4.79 Å². The van der Waals surface area contributed by atoms with Crippen molar-refractivity contribution in [1.29, 1.82) is 0 Å². The Morgan fingerprint density at radius 3 is 2.57 bits per heavy atom. The van der Waals surface area contributed by atoms with E-state index in [0.29, 0.717) is 15.7 Å². The van der Waals surface area contributed by atoms with Crippen molar-refractivity contribution in [3.8, 4) is 0 Å². The van der Waals surface area contributed by atoms with Gasteiger partial charge in [0.05, 0.1) is 22.6 Å². The van der Waals surface area contributed by atoms with E-state index < -0.39 is 0 Å². The maximum Gasteiger partial charge on any atom is 0.270 e. The molecule has 0 radical (unpaired) electrons. The van der Waals surface area contributed by atoms with Crippen molar-refractivity contribution in [2.45, 2.75) is 31.7 Å². The third-order valence-corrected chi connectivity index (χ3v) is 4.44. The summed E-state index contributed by atoms with van der Waals surface area (Å²) in [4.78, 5) is 16.4. The molecule has 1 amide bonds. The first kappa shape index (κ1) is 16.1. The third kappa shape index (κ3) is 4.15. The summed E-state index contributed by atoms with van der Waals surface area (Å²) in [6.45, 7) is 0. The summed E-state index contributed by atoms with van der Waals surface area (Å²) >= 11 is 12.0. The second-order valence-electron chi connectivity index (χ2n) is 5.64. The van der Waals surface area contributed by atoms with Crippen LogP contribution in [0.25, 0.3) is 0 Å². The molecule has 0 bridgehead atoms. The van der Waals surface area contributed by atoms with Gasteiger partial charge in [0.15, 0.2) is 0 Å². The van der Waals surface area contributed by atoms with E-state index in [1.165, 1.54) is 12.8 Å². The van der Waals surface area contributed by atoms with Gasteiger partial charge in [0.25, 0.3) is 5.91 Å². The van der Waals surface area contributed by atoms with Gasteiger partial charge in [-0.3, -0.25) is 4.79 Å². The van der Waals surface area contributed by atoms with E-state index in [-0.39, 0.29) is 11.9 Å². The summed E-state index contributed by atoms with van der Waals surface area (Å²) in [7, 11) is 0. The van der Waals surface area contributed by atoms with Gasteiger partial charge in [-0.1, -0.05) is 36.0 Å². The number of nitrogens with one attached hydrogen (secondary N) is 2. The number of rotatable bonds is 4. The highest BCUT2D eigenvalue weighted by Gasteiger charge is 2.18. The smallest absolute Gasteiger partial charge is 0.270 e. The molecule has 1 aromatic heterocycles. The van der Waals surface area contributed by atoms with Crippen LogP contribution in [0, 0.1) is 0 Å². The molecule has 0 saturated heterocycles. The number of pyridine rings is 1. The Morgan fingerprint density at radius 2 is 1.91 bits per heavy atom. The summed E-state index contributed by atoms with van der Waals surface area (Å²) in [6.07, 6.45) is 6.10. The van der Waals surface area contributed by atoms with Gasteiger partial charge in [-0.2, -0.15) is 0 Å². The summed E-state index contributed by atoms with van der Waals surface area (Å²) < 4.78 is 0. The monoisotopic (exact) mass is 349 g/mol. The van der Waals surface area contributed by atoms with Crippen molar-refractivity contribution in [2.24, 2.45) is 0 Å². The van der Waals surface area contributed by atoms with Crippen LogP contribution in [0.1, 0.15) is 36.2 Å². The molecule has 0 unspecified atom stereocenters. The fraction of sp³-hybridized carbons (Fsp3) is 0.294. The topological polar surface area (TPSA) is 54.0 Å². The Hall–Kier alpha value is -1.78. The standard InChI is InChI=1S/C17H17Cl2N3O/c18-11-5-7-15(14(19)9-11)21-13-6-8-16(20-10-13)17(23)22-12-3-1-2-4-12/h5-10,12,21H,1-4H2,(H,22,23). The predicted molar refractivity (Wildman–Crippen MR) is 93.7 cm³/mol. The van der Waals surface area contributed by atoms with E-state index in [2.05, 4.69) is 15.6 Å². The molecule has 1 saturated carbocycles. The van der Waals surface area contributed by atoms with Gasteiger partial charge in [-0.15, -0.1) is 0 Å². The van der Waals surface area contributed by atoms with Crippen LogP contribution >= 0.6 is 23.2 Å². The SMILES string of the molecule is O=C(NC1CCCC1)c1ccc(Nc2ccc(Cl)cc2Cl)cn1. The van der Waals surface area contributed by atoms with E-state index in [1.54, 1.807) is 30.5 Å². The minimum atomic E-state index is -0.118. The molecule has 2 N–H and O–H groups in total. The van der Waals surface area contributed by atoms with Crippen LogP contribution in [0.2, 0.25) is 10.0 Å². The molecule has 0 aliphatic heterocycles. The van der Waals surface area contributed by atoms with E-state index in [4.69, 9.17) is 23.2 Å². The fourth-order valence-electron chi connectivity index (χ4n) is 2.68. The maximum absolute atomic E-state index is 12.1. The summed E-state index contributed by atoms with van der Waals surface area (Å²) in [5.74, 6) is -0.118. The van der Waals surface area contributed by atoms with Crippen molar-refractivity contribution >= 4 is 40.5 Å². The number of hydrogen-bond acceptors (Lipinski definition) is 3. The molecule has 0 spiro atoms. The van der Waals surface area contributed by atoms with Crippen molar-refractivity contribution in [2.75, 3.05) is 5.32 Å². The Bertz CT molecular complexity index is 697. The summed E-state index contributed by atoms with van der Waals surface area (Å²) in [6, 6.07) is 9.02. The quantitative estimate of drug-likeness (QED) is 0.832. The molecular formula is C17H17Cl2N3O. The lowest BCUT2D eigenvalue weighted by Gasteiger charge is -2.12. The van der Waals surface area contributed by atoms with E-state index in [1.807, 2.05) is 6.07 Å². The molecule has 1 aromatic carbocycles. The van der Waals surface area contributed by atoms with Gasteiger partial charge in [-0.05, 0) is 43.2 Å². The molecule has 1 aliphatic carbocycles. The molecule has 1 heterocycles. The molecule has 23 heavy (non-hydrogen) atoms. The normalized spacial score (nSPS) is 14.7. The first-order chi connectivity index (χ1) is 11.1. The number of halogens is 2. The zero-order valence-corrected chi connectivity index (χ0v) is 14.0. The molecule has 2 aromatic rings. The van der Waals surface area contributed by atoms with Gasteiger partial charge < -0.3 is 10.6 Å². The predicted octanol–water partition coefficient (Wildman–Crippen LogP) is 4.80. The molecule has 3 rings (SSSR count). The molecule has 6 heteroatoms. The lowest BCUT2D eigenvalue weighted by Crippen LogP contribution is -2.33. The first-order valence-corrected chi connectivity index (χ1v) is 8.36. The van der Waals surface area contributed by atoms with Crippen LogP contribution < -0.4 is 10.6 Å². The average Bonchev–Trinajstić information content (AvgIpc) is 3.04. The zero-order chi connectivity index (χ0) is 16.2. The van der Waals surface area contributed by atoms with Gasteiger partial charge in [0, 0.05) is 11.1 Å². The minimum Gasteiger partial charge on any atom is -0.353 e. The number of amides is 1. The zero-order valence-electron chi connectivity index (χ0n) is 12.5. The number of carbonyl (C=O) groups excluding carboxylic acids is 1. The van der Waals surface area contributed by atoms with Crippen LogP contribution in [0.4, 0.5) is 11.4 Å². The maximum atomic E-state index is 12.1. The van der Waals surface area contributed by atoms with E-state index >= 15 is 0 Å². The van der Waals surface area contributed by atoms with Crippen molar-refractivity contribution in [3.05, 3.63) is 52.3 Å². The highest BCUT2D eigenvalue weighted by Crippen LogP contribution is 2.28. The summed E-state index contributed by atoms with van der Waals surface area (Å²) in [5.41, 5.74) is 1.91. The number of benzene rings is 1. The second kappa shape index (κ2) is 7.20. The average molecular weight is 350 g/mol. The van der Waals surface area contributed by atoms with Crippen LogP contribution in [0.15, 0.2) is 36.5 Å². The molecule has 1 aliphatic rings. The van der Waals surface area contributed by atoms with Crippen LogP contribution in [0.5, 0.6) is 0 Å². The lowest BCUT2D eigenvalue weighted by molar-refractivity contribution is 0.0933. The Morgan fingerprint density at radius 1 is 1.13 bits per heavy atom.